The number of ketones is 1. The molecule has 40 heavy (non-hydrogen) atoms. The third-order valence-electron chi connectivity index (χ3n) is 7.77. The first-order valence-corrected chi connectivity index (χ1v) is 14.2. The molecule has 0 amide bonds. The molecule has 5 rings (SSSR count). The van der Waals surface area contributed by atoms with Crippen molar-refractivity contribution in [3.63, 3.8) is 0 Å². The van der Waals surface area contributed by atoms with E-state index in [1.54, 1.807) is 0 Å². The molecular weight excluding hydrogens is 507 g/mol. The normalized spacial score (nSPS) is 17.3. The second-order valence-corrected chi connectivity index (χ2v) is 11.0. The SMILES string of the molecule is CC(=O)c1cc(F)cnc1Oc1cccc(-c2ccc(CN3CCN(C(C)C)CC3)cc2CN2CCOCC2)c1. The number of carbonyl (C=O) groups is 1. The zero-order chi connectivity index (χ0) is 28.1. The summed E-state index contributed by atoms with van der Waals surface area (Å²) in [6.07, 6.45) is 1.06. The quantitative estimate of drug-likeness (QED) is 0.340. The van der Waals surface area contributed by atoms with E-state index >= 15 is 0 Å². The molecule has 0 unspecified atom stereocenters. The van der Waals surface area contributed by atoms with Crippen LogP contribution in [0, 0.1) is 5.82 Å². The van der Waals surface area contributed by atoms with Gasteiger partial charge < -0.3 is 9.47 Å². The van der Waals surface area contributed by atoms with Crippen LogP contribution in [0.2, 0.25) is 0 Å². The average molecular weight is 547 g/mol. The Morgan fingerprint density at radius 1 is 0.975 bits per heavy atom. The second kappa shape index (κ2) is 13.0. The topological polar surface area (TPSA) is 58.1 Å². The van der Waals surface area contributed by atoms with Gasteiger partial charge in [-0.2, -0.15) is 0 Å². The molecule has 2 saturated heterocycles. The van der Waals surface area contributed by atoms with Crippen LogP contribution in [-0.4, -0.2) is 84.0 Å². The maximum atomic E-state index is 13.7. The Bertz CT molecular complexity index is 1320. The molecule has 2 aromatic carbocycles. The molecule has 212 valence electrons. The number of carbonyl (C=O) groups excluding carboxylic acids is 1. The molecule has 2 aliphatic heterocycles. The first-order chi connectivity index (χ1) is 19.4. The predicted octanol–water partition coefficient (Wildman–Crippen LogP) is 5.24. The lowest BCUT2D eigenvalue weighted by molar-refractivity contribution is 0.0342. The minimum absolute atomic E-state index is 0.104. The number of aromatic nitrogens is 1. The number of ether oxygens (including phenoxy) is 2. The zero-order valence-electron chi connectivity index (χ0n) is 23.7. The van der Waals surface area contributed by atoms with Gasteiger partial charge >= 0.3 is 0 Å². The number of piperazine rings is 1. The number of benzene rings is 2. The van der Waals surface area contributed by atoms with Crippen molar-refractivity contribution >= 4 is 5.78 Å². The third kappa shape index (κ3) is 7.12. The zero-order valence-corrected chi connectivity index (χ0v) is 23.7. The van der Waals surface area contributed by atoms with Gasteiger partial charge in [-0.1, -0.05) is 30.3 Å². The molecule has 0 radical (unpaired) electrons. The van der Waals surface area contributed by atoms with Crippen molar-refractivity contribution in [3.05, 3.63) is 77.2 Å². The van der Waals surface area contributed by atoms with Gasteiger partial charge in [0, 0.05) is 58.4 Å². The Morgan fingerprint density at radius 3 is 2.45 bits per heavy atom. The molecule has 0 aliphatic carbocycles. The third-order valence-corrected chi connectivity index (χ3v) is 7.77. The number of rotatable bonds is 9. The van der Waals surface area contributed by atoms with E-state index in [1.165, 1.54) is 18.1 Å². The summed E-state index contributed by atoms with van der Waals surface area (Å²) in [6, 6.07) is 16.3. The van der Waals surface area contributed by atoms with E-state index < -0.39 is 5.82 Å². The van der Waals surface area contributed by atoms with Crippen molar-refractivity contribution in [2.24, 2.45) is 0 Å². The van der Waals surface area contributed by atoms with Gasteiger partial charge in [0.1, 0.15) is 11.6 Å². The molecule has 7 nitrogen and oxygen atoms in total. The van der Waals surface area contributed by atoms with E-state index in [4.69, 9.17) is 9.47 Å². The summed E-state index contributed by atoms with van der Waals surface area (Å²) in [4.78, 5) is 23.6. The minimum Gasteiger partial charge on any atom is -0.438 e. The van der Waals surface area contributed by atoms with Gasteiger partial charge in [-0.15, -0.1) is 0 Å². The highest BCUT2D eigenvalue weighted by Gasteiger charge is 2.20. The summed E-state index contributed by atoms with van der Waals surface area (Å²) in [5, 5.41) is 0. The second-order valence-electron chi connectivity index (χ2n) is 11.0. The van der Waals surface area contributed by atoms with E-state index in [2.05, 4.69) is 57.8 Å². The van der Waals surface area contributed by atoms with Crippen molar-refractivity contribution < 1.29 is 18.7 Å². The van der Waals surface area contributed by atoms with Crippen LogP contribution in [0.25, 0.3) is 11.1 Å². The van der Waals surface area contributed by atoms with Crippen LogP contribution in [0.3, 0.4) is 0 Å². The van der Waals surface area contributed by atoms with Crippen LogP contribution in [0.4, 0.5) is 4.39 Å². The van der Waals surface area contributed by atoms with Crippen LogP contribution >= 0.6 is 0 Å². The molecule has 0 atom stereocenters. The van der Waals surface area contributed by atoms with E-state index in [0.717, 1.165) is 89.0 Å². The molecule has 0 spiro atoms. The lowest BCUT2D eigenvalue weighted by Crippen LogP contribution is -2.48. The summed E-state index contributed by atoms with van der Waals surface area (Å²) in [7, 11) is 0. The fourth-order valence-corrected chi connectivity index (χ4v) is 5.45. The Morgan fingerprint density at radius 2 is 1.73 bits per heavy atom. The van der Waals surface area contributed by atoms with Crippen molar-refractivity contribution in [1.29, 1.82) is 0 Å². The number of hydrogen-bond donors (Lipinski definition) is 0. The lowest BCUT2D eigenvalue weighted by atomic mass is 9.96. The maximum absolute atomic E-state index is 13.7. The highest BCUT2D eigenvalue weighted by atomic mass is 19.1. The standard InChI is InChI=1S/C32H39FN4O3/c1-23(2)37-11-9-35(10-12-37)21-25-7-8-30(27(17-25)22-36-13-15-39-16-14-36)26-5-4-6-29(18-26)40-32-31(24(3)38)19-28(33)20-34-32/h4-8,17-20,23H,9-16,21-22H2,1-3H3. The van der Waals surface area contributed by atoms with Crippen molar-refractivity contribution in [3.8, 4) is 22.8 Å². The summed E-state index contributed by atoms with van der Waals surface area (Å²) >= 11 is 0. The smallest absolute Gasteiger partial charge is 0.230 e. The van der Waals surface area contributed by atoms with Gasteiger partial charge in [-0.05, 0) is 61.2 Å². The average Bonchev–Trinajstić information content (AvgIpc) is 2.95. The van der Waals surface area contributed by atoms with Gasteiger partial charge in [0.05, 0.1) is 25.0 Å². The molecular formula is C32H39FN4O3. The maximum Gasteiger partial charge on any atom is 0.230 e. The Hall–Kier alpha value is -3.17. The highest BCUT2D eigenvalue weighted by Crippen LogP contribution is 2.32. The van der Waals surface area contributed by atoms with E-state index in [-0.39, 0.29) is 17.2 Å². The van der Waals surface area contributed by atoms with Crippen LogP contribution in [0.1, 0.15) is 42.3 Å². The molecule has 0 N–H and O–H groups in total. The Kier molecular flexibility index (Phi) is 9.22. The molecule has 0 saturated carbocycles. The molecule has 3 aromatic rings. The summed E-state index contributed by atoms with van der Waals surface area (Å²) in [5.74, 6) is -0.218. The van der Waals surface area contributed by atoms with Crippen LogP contribution < -0.4 is 4.74 Å². The number of halogens is 1. The summed E-state index contributed by atoms with van der Waals surface area (Å²) < 4.78 is 25.3. The van der Waals surface area contributed by atoms with E-state index in [1.807, 2.05) is 18.2 Å². The number of nitrogens with zero attached hydrogens (tertiary/aromatic N) is 4. The summed E-state index contributed by atoms with van der Waals surface area (Å²) in [5.41, 5.74) is 4.87. The number of morpholine rings is 1. The Balaban J connectivity index is 1.40. The van der Waals surface area contributed by atoms with Gasteiger partial charge in [0.25, 0.3) is 0 Å². The monoisotopic (exact) mass is 546 g/mol. The Labute approximate surface area is 236 Å². The fraction of sp³-hybridized carbons (Fsp3) is 0.438. The first kappa shape index (κ1) is 28.4. The van der Waals surface area contributed by atoms with Gasteiger partial charge in [0.15, 0.2) is 5.78 Å². The highest BCUT2D eigenvalue weighted by molar-refractivity contribution is 5.96. The molecule has 3 heterocycles. The molecule has 2 fully saturated rings. The van der Waals surface area contributed by atoms with Crippen molar-refractivity contribution in [1.82, 2.24) is 19.7 Å². The summed E-state index contributed by atoms with van der Waals surface area (Å²) in [6.45, 7) is 15.4. The number of pyridine rings is 1. The van der Waals surface area contributed by atoms with Gasteiger partial charge in [0.2, 0.25) is 5.88 Å². The van der Waals surface area contributed by atoms with E-state index in [9.17, 15) is 9.18 Å². The van der Waals surface area contributed by atoms with Crippen LogP contribution in [0.15, 0.2) is 54.7 Å². The fourth-order valence-electron chi connectivity index (χ4n) is 5.45. The van der Waals surface area contributed by atoms with Crippen LogP contribution in [-0.2, 0) is 17.8 Å². The largest absolute Gasteiger partial charge is 0.438 e. The van der Waals surface area contributed by atoms with Crippen LogP contribution in [0.5, 0.6) is 11.6 Å². The number of Topliss-reactive ketones (excluding diaryl/α,β-unsaturated/α-hetero) is 1. The van der Waals surface area contributed by atoms with Crippen molar-refractivity contribution in [2.75, 3.05) is 52.5 Å². The molecule has 0 bridgehead atoms. The first-order valence-electron chi connectivity index (χ1n) is 14.2. The molecule has 2 aliphatic rings. The molecule has 8 heteroatoms. The van der Waals surface area contributed by atoms with Gasteiger partial charge in [-0.25, -0.2) is 9.37 Å². The predicted molar refractivity (Wildman–Crippen MR) is 154 cm³/mol. The van der Waals surface area contributed by atoms with Gasteiger partial charge in [-0.3, -0.25) is 19.5 Å². The van der Waals surface area contributed by atoms with E-state index in [0.29, 0.717) is 11.8 Å². The number of hydrogen-bond acceptors (Lipinski definition) is 7. The van der Waals surface area contributed by atoms with Crippen molar-refractivity contribution in [2.45, 2.75) is 39.9 Å². The lowest BCUT2D eigenvalue weighted by Gasteiger charge is -2.37. The minimum atomic E-state index is -0.569. The molecule has 1 aromatic heterocycles.